The van der Waals surface area contributed by atoms with E-state index in [2.05, 4.69) is 5.32 Å². The van der Waals surface area contributed by atoms with Crippen LogP contribution in [0.3, 0.4) is 0 Å². The Morgan fingerprint density at radius 2 is 2.00 bits per heavy atom. The van der Waals surface area contributed by atoms with Crippen LogP contribution >= 0.6 is 0 Å². The Morgan fingerprint density at radius 1 is 1.43 bits per heavy atom. The minimum absolute atomic E-state index is 0.124. The minimum Gasteiger partial charge on any atom is -0.395 e. The van der Waals surface area contributed by atoms with Crippen molar-refractivity contribution in [3.8, 4) is 0 Å². The number of hydrogen-bond acceptors (Lipinski definition) is 4. The first-order valence-electron chi connectivity index (χ1n) is 4.85. The molecule has 0 atom stereocenters. The van der Waals surface area contributed by atoms with Crippen LogP contribution in [0.15, 0.2) is 0 Å². The second-order valence-electron chi connectivity index (χ2n) is 3.54. The third kappa shape index (κ3) is 2.66. The van der Waals surface area contributed by atoms with Gasteiger partial charge >= 0.3 is 0 Å². The summed E-state index contributed by atoms with van der Waals surface area (Å²) in [5.74, 6) is 0. The summed E-state index contributed by atoms with van der Waals surface area (Å²) in [5.41, 5.74) is 0. The van der Waals surface area contributed by atoms with Crippen LogP contribution in [0, 0.1) is 0 Å². The molecule has 0 aliphatic carbocycles. The lowest BCUT2D eigenvalue weighted by molar-refractivity contribution is 0.265. The van der Waals surface area contributed by atoms with Crippen molar-refractivity contribution in [1.29, 1.82) is 0 Å². The van der Waals surface area contributed by atoms with Gasteiger partial charge in [-0.05, 0) is 25.9 Å². The first-order valence-corrected chi connectivity index (χ1v) is 6.36. The summed E-state index contributed by atoms with van der Waals surface area (Å²) >= 11 is 0. The molecule has 0 bridgehead atoms. The Bertz CT molecular complexity index is 260. The number of nitrogens with zero attached hydrogens (tertiary/aromatic N) is 1. The van der Waals surface area contributed by atoms with Crippen LogP contribution in [0.2, 0.25) is 0 Å². The van der Waals surface area contributed by atoms with Gasteiger partial charge in [-0.1, -0.05) is 0 Å². The van der Waals surface area contributed by atoms with Crippen molar-refractivity contribution in [3.05, 3.63) is 0 Å². The molecule has 6 heteroatoms. The lowest BCUT2D eigenvalue weighted by Gasteiger charge is -2.27. The van der Waals surface area contributed by atoms with Gasteiger partial charge < -0.3 is 10.4 Å². The van der Waals surface area contributed by atoms with Gasteiger partial charge in [-0.15, -0.1) is 0 Å². The van der Waals surface area contributed by atoms with Crippen LogP contribution in [-0.4, -0.2) is 56.4 Å². The van der Waals surface area contributed by atoms with E-state index in [0.29, 0.717) is 12.8 Å². The summed E-state index contributed by atoms with van der Waals surface area (Å²) in [6, 6.07) is 0. The third-order valence-electron chi connectivity index (χ3n) is 2.56. The smallest absolute Gasteiger partial charge is 0.216 e. The van der Waals surface area contributed by atoms with E-state index < -0.39 is 10.0 Å². The number of likely N-dealkylation sites (N-methyl/N-ethyl adjacent to an activating group) is 1. The maximum Gasteiger partial charge on any atom is 0.216 e. The summed E-state index contributed by atoms with van der Waals surface area (Å²) in [6.07, 6.45) is 1.33. The highest BCUT2D eigenvalue weighted by atomic mass is 32.2. The predicted molar refractivity (Wildman–Crippen MR) is 54.5 cm³/mol. The van der Waals surface area contributed by atoms with Crippen molar-refractivity contribution in [2.75, 3.05) is 33.3 Å². The molecule has 2 N–H and O–H groups in total. The van der Waals surface area contributed by atoms with Gasteiger partial charge in [0.15, 0.2) is 0 Å². The van der Waals surface area contributed by atoms with Crippen molar-refractivity contribution in [2.45, 2.75) is 18.1 Å². The summed E-state index contributed by atoms with van der Waals surface area (Å²) < 4.78 is 25.0. The van der Waals surface area contributed by atoms with E-state index in [9.17, 15) is 8.42 Å². The number of piperidine rings is 1. The van der Waals surface area contributed by atoms with Gasteiger partial charge in [-0.3, -0.25) is 0 Å². The number of rotatable bonds is 4. The fraction of sp³-hybridized carbons (Fsp3) is 1.00. The Hall–Kier alpha value is -0.170. The predicted octanol–water partition coefficient (Wildman–Crippen LogP) is -1.01. The lowest BCUT2D eigenvalue weighted by atomic mass is 10.2. The lowest BCUT2D eigenvalue weighted by Crippen LogP contribution is -2.43. The number of aliphatic hydroxyl groups excluding tert-OH is 1. The number of hydrogen-bond donors (Lipinski definition) is 2. The Balaban J connectivity index is 2.62. The molecule has 1 aliphatic heterocycles. The van der Waals surface area contributed by atoms with E-state index >= 15 is 0 Å². The minimum atomic E-state index is -3.19. The fourth-order valence-electron chi connectivity index (χ4n) is 1.62. The van der Waals surface area contributed by atoms with Crippen molar-refractivity contribution < 1.29 is 13.5 Å². The van der Waals surface area contributed by atoms with Gasteiger partial charge in [0.1, 0.15) is 0 Å². The molecule has 5 nitrogen and oxygen atoms in total. The SMILES string of the molecule is CN(CCO)S(=O)(=O)C1CCNCC1. The first kappa shape index (κ1) is 11.9. The number of nitrogens with one attached hydrogen (secondary N) is 1. The molecule has 1 heterocycles. The Morgan fingerprint density at radius 3 is 2.50 bits per heavy atom. The number of aliphatic hydroxyl groups is 1. The first-order chi connectivity index (χ1) is 6.59. The van der Waals surface area contributed by atoms with Crippen LogP contribution in [0.4, 0.5) is 0 Å². The van der Waals surface area contributed by atoms with Crippen molar-refractivity contribution >= 4 is 10.0 Å². The molecule has 0 aromatic rings. The van der Waals surface area contributed by atoms with E-state index in [1.165, 1.54) is 11.4 Å². The van der Waals surface area contributed by atoms with Crippen molar-refractivity contribution in [3.63, 3.8) is 0 Å². The molecule has 0 radical (unpaired) electrons. The molecule has 84 valence electrons. The molecule has 1 aliphatic rings. The van der Waals surface area contributed by atoms with Crippen LogP contribution in [0.1, 0.15) is 12.8 Å². The Kier molecular flexibility index (Phi) is 4.31. The highest BCUT2D eigenvalue weighted by Gasteiger charge is 2.30. The van der Waals surface area contributed by atoms with Crippen LogP contribution < -0.4 is 5.32 Å². The van der Waals surface area contributed by atoms with Gasteiger partial charge in [0.05, 0.1) is 11.9 Å². The highest BCUT2D eigenvalue weighted by Crippen LogP contribution is 2.16. The van der Waals surface area contributed by atoms with E-state index in [1.807, 2.05) is 0 Å². The van der Waals surface area contributed by atoms with Crippen molar-refractivity contribution in [2.24, 2.45) is 0 Å². The molecule has 14 heavy (non-hydrogen) atoms. The maximum absolute atomic E-state index is 11.9. The molecule has 1 rings (SSSR count). The molecule has 1 fully saturated rings. The molecular formula is C8H18N2O3S. The maximum atomic E-state index is 11.9. The summed E-state index contributed by atoms with van der Waals surface area (Å²) in [6.45, 7) is 1.58. The van der Waals surface area contributed by atoms with E-state index in [4.69, 9.17) is 5.11 Å². The van der Waals surface area contributed by atoms with Crippen LogP contribution in [0.25, 0.3) is 0 Å². The molecule has 0 aromatic carbocycles. The Labute approximate surface area is 85.2 Å². The summed E-state index contributed by atoms with van der Waals surface area (Å²) in [5, 5.41) is 11.5. The second kappa shape index (κ2) is 5.06. The van der Waals surface area contributed by atoms with Crippen LogP contribution in [0.5, 0.6) is 0 Å². The molecule has 0 unspecified atom stereocenters. The second-order valence-corrected chi connectivity index (χ2v) is 5.86. The van der Waals surface area contributed by atoms with E-state index in [0.717, 1.165) is 13.1 Å². The molecule has 0 saturated carbocycles. The molecule has 0 aromatic heterocycles. The van der Waals surface area contributed by atoms with Crippen molar-refractivity contribution in [1.82, 2.24) is 9.62 Å². The average Bonchev–Trinajstić information content (AvgIpc) is 2.19. The third-order valence-corrected chi connectivity index (χ3v) is 4.92. The zero-order valence-corrected chi connectivity index (χ0v) is 9.26. The largest absolute Gasteiger partial charge is 0.395 e. The normalized spacial score (nSPS) is 20.2. The van der Waals surface area contributed by atoms with Gasteiger partial charge in [0, 0.05) is 13.6 Å². The van der Waals surface area contributed by atoms with Crippen LogP contribution in [-0.2, 0) is 10.0 Å². The fourth-order valence-corrected chi connectivity index (χ4v) is 3.29. The quantitative estimate of drug-likeness (QED) is 0.639. The molecule has 0 spiro atoms. The number of sulfonamides is 1. The van der Waals surface area contributed by atoms with Gasteiger partial charge in [-0.2, -0.15) is 0 Å². The van der Waals surface area contributed by atoms with Gasteiger partial charge in [0.25, 0.3) is 0 Å². The highest BCUT2D eigenvalue weighted by molar-refractivity contribution is 7.89. The van der Waals surface area contributed by atoms with E-state index in [-0.39, 0.29) is 18.4 Å². The topological polar surface area (TPSA) is 69.6 Å². The van der Waals surface area contributed by atoms with E-state index in [1.54, 1.807) is 0 Å². The molecular weight excluding hydrogens is 204 g/mol. The monoisotopic (exact) mass is 222 g/mol. The summed E-state index contributed by atoms with van der Waals surface area (Å²) in [4.78, 5) is 0. The molecule has 1 saturated heterocycles. The molecule has 0 amide bonds. The standard InChI is InChI=1S/C8H18N2O3S/c1-10(6-7-11)14(12,13)8-2-4-9-5-3-8/h8-9,11H,2-7H2,1H3. The summed E-state index contributed by atoms with van der Waals surface area (Å²) in [7, 11) is -1.67. The van der Waals surface area contributed by atoms with Gasteiger partial charge in [0.2, 0.25) is 10.0 Å². The zero-order chi connectivity index (χ0) is 10.6. The zero-order valence-electron chi connectivity index (χ0n) is 8.44. The van der Waals surface area contributed by atoms with Gasteiger partial charge in [-0.25, -0.2) is 12.7 Å². The average molecular weight is 222 g/mol.